The maximum absolute atomic E-state index is 8.68. The van der Waals surface area contributed by atoms with E-state index in [0.717, 1.165) is 17.9 Å². The molecule has 2 N–H and O–H groups in total. The van der Waals surface area contributed by atoms with Crippen molar-refractivity contribution in [3.05, 3.63) is 65.7 Å². The molecule has 0 amide bonds. The lowest BCUT2D eigenvalue weighted by atomic mass is 10.2. The highest BCUT2D eigenvalue weighted by atomic mass is 16.5. The third-order valence-electron chi connectivity index (χ3n) is 2.79. The number of ether oxygens (including phenoxy) is 1. The van der Waals surface area contributed by atoms with Crippen molar-refractivity contribution in [3.8, 4) is 5.75 Å². The fourth-order valence-corrected chi connectivity index (χ4v) is 1.76. The Balaban J connectivity index is 1.81. The third-order valence-corrected chi connectivity index (χ3v) is 2.79. The van der Waals surface area contributed by atoms with E-state index in [0.29, 0.717) is 13.2 Å². The van der Waals surface area contributed by atoms with E-state index in [1.165, 1.54) is 5.56 Å². The molecule has 0 fully saturated rings. The predicted octanol–water partition coefficient (Wildman–Crippen LogP) is 2.35. The fourth-order valence-electron chi connectivity index (χ4n) is 1.76. The van der Waals surface area contributed by atoms with Gasteiger partial charge in [-0.25, -0.2) is 0 Å². The lowest BCUT2D eigenvalue weighted by Crippen LogP contribution is -2.17. The van der Waals surface area contributed by atoms with Crippen molar-refractivity contribution in [2.75, 3.05) is 13.2 Å². The van der Waals surface area contributed by atoms with Gasteiger partial charge in [0, 0.05) is 13.1 Å². The molecule has 100 valence electrons. The highest BCUT2D eigenvalue weighted by molar-refractivity contribution is 5.27. The van der Waals surface area contributed by atoms with Gasteiger partial charge in [-0.3, -0.25) is 0 Å². The topological polar surface area (TPSA) is 41.5 Å². The van der Waals surface area contributed by atoms with E-state index in [2.05, 4.69) is 5.32 Å². The standard InChI is InChI=1S/C16H19NO2/c18-11-10-17-12-14-6-8-16(9-7-14)19-13-15-4-2-1-3-5-15/h1-9,17-18H,10-13H2. The van der Waals surface area contributed by atoms with Crippen molar-refractivity contribution in [3.63, 3.8) is 0 Å². The minimum atomic E-state index is 0.165. The molecule has 0 unspecified atom stereocenters. The fraction of sp³-hybridized carbons (Fsp3) is 0.250. The largest absolute Gasteiger partial charge is 0.489 e. The number of rotatable bonds is 7. The van der Waals surface area contributed by atoms with Crippen LogP contribution in [0, 0.1) is 0 Å². The van der Waals surface area contributed by atoms with Crippen LogP contribution in [0.3, 0.4) is 0 Å². The van der Waals surface area contributed by atoms with Gasteiger partial charge in [-0.05, 0) is 23.3 Å². The van der Waals surface area contributed by atoms with Crippen LogP contribution >= 0.6 is 0 Å². The molecule has 2 rings (SSSR count). The Kier molecular flexibility index (Phi) is 5.41. The second-order valence-electron chi connectivity index (χ2n) is 4.32. The van der Waals surface area contributed by atoms with Gasteiger partial charge in [0.15, 0.2) is 0 Å². The van der Waals surface area contributed by atoms with Crippen LogP contribution in [0.15, 0.2) is 54.6 Å². The maximum atomic E-state index is 8.68. The summed E-state index contributed by atoms with van der Waals surface area (Å²) in [6.45, 7) is 2.13. The number of aliphatic hydroxyl groups excluding tert-OH is 1. The highest BCUT2D eigenvalue weighted by Crippen LogP contribution is 2.14. The van der Waals surface area contributed by atoms with Crippen LogP contribution in [0.1, 0.15) is 11.1 Å². The van der Waals surface area contributed by atoms with Gasteiger partial charge < -0.3 is 15.2 Å². The van der Waals surface area contributed by atoms with Crippen LogP contribution in [0.2, 0.25) is 0 Å². The van der Waals surface area contributed by atoms with E-state index in [1.54, 1.807) is 0 Å². The first-order valence-electron chi connectivity index (χ1n) is 6.46. The average molecular weight is 257 g/mol. The summed E-state index contributed by atoms with van der Waals surface area (Å²) in [6, 6.07) is 18.1. The molecular weight excluding hydrogens is 238 g/mol. The first-order chi connectivity index (χ1) is 9.38. The van der Waals surface area contributed by atoms with Crippen LogP contribution in [-0.2, 0) is 13.2 Å². The molecular formula is C16H19NO2. The van der Waals surface area contributed by atoms with Gasteiger partial charge in [0.05, 0.1) is 6.61 Å². The molecule has 0 saturated carbocycles. The Hall–Kier alpha value is -1.84. The van der Waals surface area contributed by atoms with Crippen molar-refractivity contribution in [1.82, 2.24) is 5.32 Å². The predicted molar refractivity (Wildman–Crippen MR) is 76.0 cm³/mol. The molecule has 0 saturated heterocycles. The summed E-state index contributed by atoms with van der Waals surface area (Å²) in [5.74, 6) is 0.870. The van der Waals surface area contributed by atoms with Crippen molar-refractivity contribution in [2.45, 2.75) is 13.2 Å². The Morgan fingerprint density at radius 1 is 0.895 bits per heavy atom. The summed E-state index contributed by atoms with van der Waals surface area (Å²) in [5.41, 5.74) is 2.34. The van der Waals surface area contributed by atoms with Gasteiger partial charge in [0.2, 0.25) is 0 Å². The molecule has 19 heavy (non-hydrogen) atoms. The second kappa shape index (κ2) is 7.56. The van der Waals surface area contributed by atoms with Crippen molar-refractivity contribution in [1.29, 1.82) is 0 Å². The molecule has 0 heterocycles. The van der Waals surface area contributed by atoms with E-state index in [-0.39, 0.29) is 6.61 Å². The summed E-state index contributed by atoms with van der Waals surface area (Å²) in [5, 5.41) is 11.8. The van der Waals surface area contributed by atoms with Crippen LogP contribution in [0.25, 0.3) is 0 Å². The lowest BCUT2D eigenvalue weighted by Gasteiger charge is -2.08. The number of nitrogens with one attached hydrogen (secondary N) is 1. The normalized spacial score (nSPS) is 10.4. The molecule has 0 atom stereocenters. The van der Waals surface area contributed by atoms with Crippen LogP contribution < -0.4 is 10.1 Å². The van der Waals surface area contributed by atoms with E-state index < -0.39 is 0 Å². The smallest absolute Gasteiger partial charge is 0.119 e. The summed E-state index contributed by atoms with van der Waals surface area (Å²) in [6.07, 6.45) is 0. The van der Waals surface area contributed by atoms with Crippen molar-refractivity contribution < 1.29 is 9.84 Å². The molecule has 2 aromatic carbocycles. The van der Waals surface area contributed by atoms with E-state index in [9.17, 15) is 0 Å². The van der Waals surface area contributed by atoms with E-state index in [4.69, 9.17) is 9.84 Å². The highest BCUT2D eigenvalue weighted by Gasteiger charge is 1.97. The summed E-state index contributed by atoms with van der Waals surface area (Å²) in [4.78, 5) is 0. The first kappa shape index (κ1) is 13.6. The Bertz CT molecular complexity index is 468. The third kappa shape index (κ3) is 4.73. The van der Waals surface area contributed by atoms with Crippen LogP contribution in [0.4, 0.5) is 0 Å². The Labute approximate surface area is 113 Å². The number of benzene rings is 2. The summed E-state index contributed by atoms with van der Waals surface area (Å²) >= 11 is 0. The van der Waals surface area contributed by atoms with E-state index in [1.807, 2.05) is 54.6 Å². The van der Waals surface area contributed by atoms with Gasteiger partial charge in [-0.15, -0.1) is 0 Å². The van der Waals surface area contributed by atoms with Gasteiger partial charge >= 0.3 is 0 Å². The van der Waals surface area contributed by atoms with E-state index >= 15 is 0 Å². The molecule has 0 aromatic heterocycles. The number of hydrogen-bond acceptors (Lipinski definition) is 3. The zero-order chi connectivity index (χ0) is 13.3. The molecule has 2 aromatic rings. The minimum absolute atomic E-state index is 0.165. The molecule has 3 heteroatoms. The molecule has 0 aliphatic carbocycles. The molecule has 0 bridgehead atoms. The first-order valence-corrected chi connectivity index (χ1v) is 6.46. The molecule has 0 aliphatic heterocycles. The molecule has 3 nitrogen and oxygen atoms in total. The zero-order valence-electron chi connectivity index (χ0n) is 10.9. The molecule has 0 aliphatic rings. The summed E-state index contributed by atoms with van der Waals surface area (Å²) in [7, 11) is 0. The molecule has 0 radical (unpaired) electrons. The monoisotopic (exact) mass is 257 g/mol. The average Bonchev–Trinajstić information content (AvgIpc) is 2.48. The lowest BCUT2D eigenvalue weighted by molar-refractivity contribution is 0.292. The number of aliphatic hydroxyl groups is 1. The van der Waals surface area contributed by atoms with Gasteiger partial charge in [0.1, 0.15) is 12.4 Å². The van der Waals surface area contributed by atoms with Crippen molar-refractivity contribution >= 4 is 0 Å². The van der Waals surface area contributed by atoms with Crippen molar-refractivity contribution in [2.24, 2.45) is 0 Å². The van der Waals surface area contributed by atoms with Gasteiger partial charge in [-0.2, -0.15) is 0 Å². The maximum Gasteiger partial charge on any atom is 0.119 e. The minimum Gasteiger partial charge on any atom is -0.489 e. The van der Waals surface area contributed by atoms with Gasteiger partial charge in [0.25, 0.3) is 0 Å². The van der Waals surface area contributed by atoms with Gasteiger partial charge in [-0.1, -0.05) is 42.5 Å². The molecule has 0 spiro atoms. The SMILES string of the molecule is OCCNCc1ccc(OCc2ccccc2)cc1. The summed E-state index contributed by atoms with van der Waals surface area (Å²) < 4.78 is 5.71. The van der Waals surface area contributed by atoms with Crippen LogP contribution in [-0.4, -0.2) is 18.3 Å². The van der Waals surface area contributed by atoms with Crippen LogP contribution in [0.5, 0.6) is 5.75 Å². The second-order valence-corrected chi connectivity index (χ2v) is 4.32. The number of hydrogen-bond donors (Lipinski definition) is 2. The zero-order valence-corrected chi connectivity index (χ0v) is 10.9. The Morgan fingerprint density at radius 2 is 1.63 bits per heavy atom. The quantitative estimate of drug-likeness (QED) is 0.748. The Morgan fingerprint density at radius 3 is 2.32 bits per heavy atom.